The number of halogens is 2. The largest absolute Gasteiger partial charge is 0.368 e. The van der Waals surface area contributed by atoms with Crippen molar-refractivity contribution in [2.24, 2.45) is 0 Å². The van der Waals surface area contributed by atoms with Crippen molar-refractivity contribution < 1.29 is 13.6 Å². The summed E-state index contributed by atoms with van der Waals surface area (Å²) in [5.74, 6) is -0.599. The highest BCUT2D eigenvalue weighted by Gasteiger charge is 2.26. The highest BCUT2D eigenvalue weighted by Crippen LogP contribution is 2.24. The van der Waals surface area contributed by atoms with Crippen molar-refractivity contribution in [1.82, 2.24) is 9.47 Å². The lowest BCUT2D eigenvalue weighted by Gasteiger charge is -2.36. The number of amides is 1. The molecule has 0 N–H and O–H groups in total. The molecule has 6 heteroatoms. The molecular formula is C26H23F2N3O. The van der Waals surface area contributed by atoms with Gasteiger partial charge in [0.15, 0.2) is 0 Å². The molecule has 0 unspecified atom stereocenters. The van der Waals surface area contributed by atoms with E-state index in [1.54, 1.807) is 30.3 Å². The van der Waals surface area contributed by atoms with Gasteiger partial charge in [-0.3, -0.25) is 4.79 Å². The average Bonchev–Trinajstić information content (AvgIpc) is 3.19. The van der Waals surface area contributed by atoms with Crippen LogP contribution in [0.1, 0.15) is 16.1 Å². The molecule has 3 aromatic carbocycles. The van der Waals surface area contributed by atoms with Crippen LogP contribution in [-0.2, 0) is 6.54 Å². The first kappa shape index (κ1) is 20.2. The van der Waals surface area contributed by atoms with Gasteiger partial charge in [0, 0.05) is 48.3 Å². The Labute approximate surface area is 185 Å². The van der Waals surface area contributed by atoms with Gasteiger partial charge in [-0.05, 0) is 42.5 Å². The quantitative estimate of drug-likeness (QED) is 0.458. The number of hydrogen-bond donors (Lipinski definition) is 0. The summed E-state index contributed by atoms with van der Waals surface area (Å²) in [7, 11) is 0. The maximum atomic E-state index is 14.4. The van der Waals surface area contributed by atoms with Crippen LogP contribution in [0.3, 0.4) is 0 Å². The van der Waals surface area contributed by atoms with Gasteiger partial charge in [0.25, 0.3) is 5.91 Å². The summed E-state index contributed by atoms with van der Waals surface area (Å²) in [4.78, 5) is 17.5. The lowest BCUT2D eigenvalue weighted by atomic mass is 10.2. The van der Waals surface area contributed by atoms with Gasteiger partial charge in [0.1, 0.15) is 17.3 Å². The van der Waals surface area contributed by atoms with E-state index in [1.807, 2.05) is 39.8 Å². The third-order valence-corrected chi connectivity index (χ3v) is 6.07. The zero-order valence-electron chi connectivity index (χ0n) is 17.5. The first-order valence-corrected chi connectivity index (χ1v) is 10.7. The minimum Gasteiger partial charge on any atom is -0.368 e. The number of carbonyl (C=O) groups excluding carboxylic acids is 1. The van der Waals surface area contributed by atoms with E-state index < -0.39 is 0 Å². The van der Waals surface area contributed by atoms with Gasteiger partial charge in [-0.1, -0.05) is 36.4 Å². The summed E-state index contributed by atoms with van der Waals surface area (Å²) >= 11 is 0. The number of nitrogens with zero attached hydrogens (tertiary/aromatic N) is 3. The molecule has 32 heavy (non-hydrogen) atoms. The van der Waals surface area contributed by atoms with Crippen LogP contribution >= 0.6 is 0 Å². The standard InChI is InChI=1S/C26H23F2N3O/c27-21-9-11-22(12-10-21)29-13-15-30(16-14-29)26(32)25-17-19-5-2-4-8-24(19)31(25)18-20-6-1-3-7-23(20)28/h1-12,17H,13-16,18H2. The summed E-state index contributed by atoms with van der Waals surface area (Å²) in [6, 6.07) is 22.8. The van der Waals surface area contributed by atoms with E-state index in [9.17, 15) is 13.6 Å². The number of carbonyl (C=O) groups is 1. The van der Waals surface area contributed by atoms with Gasteiger partial charge < -0.3 is 14.4 Å². The molecule has 1 amide bonds. The van der Waals surface area contributed by atoms with Crippen LogP contribution < -0.4 is 4.90 Å². The summed E-state index contributed by atoms with van der Waals surface area (Å²) < 4.78 is 29.5. The molecule has 0 bridgehead atoms. The molecule has 162 valence electrons. The van der Waals surface area contributed by atoms with Gasteiger partial charge in [-0.25, -0.2) is 8.78 Å². The molecule has 0 spiro atoms. The molecule has 1 saturated heterocycles. The van der Waals surface area contributed by atoms with E-state index in [4.69, 9.17) is 0 Å². The SMILES string of the molecule is O=C(c1cc2ccccc2n1Cc1ccccc1F)N1CCN(c2ccc(F)cc2)CC1. The van der Waals surface area contributed by atoms with Crippen molar-refractivity contribution in [3.63, 3.8) is 0 Å². The average molecular weight is 431 g/mol. The van der Waals surface area contributed by atoms with Gasteiger partial charge in [-0.15, -0.1) is 0 Å². The number of anilines is 1. The molecule has 5 rings (SSSR count). The number of aromatic nitrogens is 1. The Morgan fingerprint density at radius 2 is 1.50 bits per heavy atom. The highest BCUT2D eigenvalue weighted by molar-refractivity contribution is 5.99. The molecule has 0 atom stereocenters. The van der Waals surface area contributed by atoms with E-state index in [0.29, 0.717) is 37.4 Å². The predicted octanol–water partition coefficient (Wildman–Crippen LogP) is 4.93. The minimum absolute atomic E-state index is 0.0590. The van der Waals surface area contributed by atoms with Crippen molar-refractivity contribution in [2.45, 2.75) is 6.54 Å². The Bertz CT molecular complexity index is 1260. The first-order valence-electron chi connectivity index (χ1n) is 10.7. The van der Waals surface area contributed by atoms with Crippen LogP contribution in [0, 0.1) is 11.6 Å². The number of benzene rings is 3. The molecule has 2 heterocycles. The minimum atomic E-state index is -0.281. The van der Waals surface area contributed by atoms with E-state index in [0.717, 1.165) is 16.6 Å². The second-order valence-electron chi connectivity index (χ2n) is 8.02. The molecule has 1 aliphatic rings. The van der Waals surface area contributed by atoms with Gasteiger partial charge in [0.2, 0.25) is 0 Å². The van der Waals surface area contributed by atoms with E-state index >= 15 is 0 Å². The van der Waals surface area contributed by atoms with E-state index in [-0.39, 0.29) is 24.1 Å². The molecule has 1 aliphatic heterocycles. The third-order valence-electron chi connectivity index (χ3n) is 6.07. The number of para-hydroxylation sites is 1. The summed E-state index contributed by atoms with van der Waals surface area (Å²) in [6.45, 7) is 2.77. The lowest BCUT2D eigenvalue weighted by Crippen LogP contribution is -2.49. The Balaban J connectivity index is 1.40. The second kappa shape index (κ2) is 8.46. The monoisotopic (exact) mass is 431 g/mol. The molecule has 0 radical (unpaired) electrons. The van der Waals surface area contributed by atoms with Crippen molar-refractivity contribution in [2.75, 3.05) is 31.1 Å². The smallest absolute Gasteiger partial charge is 0.270 e. The van der Waals surface area contributed by atoms with Crippen molar-refractivity contribution in [1.29, 1.82) is 0 Å². The van der Waals surface area contributed by atoms with Crippen LogP contribution in [0.4, 0.5) is 14.5 Å². The maximum absolute atomic E-state index is 14.4. The molecular weight excluding hydrogens is 408 g/mol. The Hall–Kier alpha value is -3.67. The summed E-state index contributed by atoms with van der Waals surface area (Å²) in [5.41, 5.74) is 2.96. The van der Waals surface area contributed by atoms with Crippen LogP contribution in [-0.4, -0.2) is 41.6 Å². The zero-order chi connectivity index (χ0) is 22.1. The van der Waals surface area contributed by atoms with Crippen molar-refractivity contribution >= 4 is 22.5 Å². The third kappa shape index (κ3) is 3.84. The fraction of sp³-hybridized carbons (Fsp3) is 0.192. The van der Waals surface area contributed by atoms with Crippen LogP contribution in [0.25, 0.3) is 10.9 Å². The fourth-order valence-electron chi connectivity index (χ4n) is 4.34. The molecule has 0 saturated carbocycles. The van der Waals surface area contributed by atoms with Crippen LogP contribution in [0.15, 0.2) is 78.9 Å². The Morgan fingerprint density at radius 1 is 0.812 bits per heavy atom. The maximum Gasteiger partial charge on any atom is 0.270 e. The van der Waals surface area contributed by atoms with Gasteiger partial charge >= 0.3 is 0 Å². The van der Waals surface area contributed by atoms with E-state index in [1.165, 1.54) is 18.2 Å². The van der Waals surface area contributed by atoms with Crippen LogP contribution in [0.2, 0.25) is 0 Å². The number of fused-ring (bicyclic) bond motifs is 1. The second-order valence-corrected chi connectivity index (χ2v) is 8.02. The lowest BCUT2D eigenvalue weighted by molar-refractivity contribution is 0.0737. The van der Waals surface area contributed by atoms with Gasteiger partial charge in [-0.2, -0.15) is 0 Å². The molecule has 1 fully saturated rings. The number of rotatable bonds is 4. The summed E-state index contributed by atoms with van der Waals surface area (Å²) in [5, 5.41) is 0.956. The molecule has 0 aliphatic carbocycles. The first-order chi connectivity index (χ1) is 15.6. The molecule has 4 aromatic rings. The molecule has 1 aromatic heterocycles. The Morgan fingerprint density at radius 3 is 2.25 bits per heavy atom. The fourth-order valence-corrected chi connectivity index (χ4v) is 4.34. The normalized spacial score (nSPS) is 14.2. The van der Waals surface area contributed by atoms with E-state index in [2.05, 4.69) is 4.90 Å². The van der Waals surface area contributed by atoms with Crippen LogP contribution in [0.5, 0.6) is 0 Å². The van der Waals surface area contributed by atoms with Crippen molar-refractivity contribution in [3.05, 3.63) is 102 Å². The number of hydrogen-bond acceptors (Lipinski definition) is 2. The topological polar surface area (TPSA) is 28.5 Å². The Kier molecular flexibility index (Phi) is 5.35. The predicted molar refractivity (Wildman–Crippen MR) is 122 cm³/mol. The molecule has 4 nitrogen and oxygen atoms in total. The van der Waals surface area contributed by atoms with Crippen molar-refractivity contribution in [3.8, 4) is 0 Å². The number of piperazine rings is 1. The summed E-state index contributed by atoms with van der Waals surface area (Å²) in [6.07, 6.45) is 0. The zero-order valence-corrected chi connectivity index (χ0v) is 17.5. The van der Waals surface area contributed by atoms with Gasteiger partial charge in [0.05, 0.1) is 6.54 Å². The highest BCUT2D eigenvalue weighted by atomic mass is 19.1.